The normalized spacial score (nSPS) is 18.7. The van der Waals surface area contributed by atoms with Crippen LogP contribution in [0.25, 0.3) is 0 Å². The van der Waals surface area contributed by atoms with Gasteiger partial charge < -0.3 is 10.2 Å². The van der Waals surface area contributed by atoms with E-state index in [1.54, 1.807) is 6.26 Å². The topological polar surface area (TPSA) is 45.6 Å². The summed E-state index contributed by atoms with van der Waals surface area (Å²) in [7, 11) is 0. The van der Waals surface area contributed by atoms with Gasteiger partial charge in [0.15, 0.2) is 0 Å². The van der Waals surface area contributed by atoms with Crippen molar-refractivity contribution in [2.24, 2.45) is 5.73 Å². The second-order valence-electron chi connectivity index (χ2n) is 5.56. The molecule has 1 unspecified atom stereocenters. The van der Waals surface area contributed by atoms with Crippen molar-refractivity contribution in [1.29, 1.82) is 0 Å². The number of nitrogens with zero attached hydrogens (tertiary/aromatic N) is 2. The van der Waals surface area contributed by atoms with Crippen molar-refractivity contribution < 1.29 is 4.42 Å². The van der Waals surface area contributed by atoms with E-state index < -0.39 is 0 Å². The molecule has 2 aromatic rings. The Morgan fingerprint density at radius 3 is 2.38 bits per heavy atom. The van der Waals surface area contributed by atoms with E-state index in [2.05, 4.69) is 40.1 Å². The number of benzene rings is 1. The predicted octanol–water partition coefficient (Wildman–Crippen LogP) is 2.10. The van der Waals surface area contributed by atoms with Crippen LogP contribution in [0.15, 0.2) is 53.1 Å². The number of nitrogens with two attached hydrogens (primary N) is 1. The molecule has 3 rings (SSSR count). The minimum atomic E-state index is 0.207. The molecule has 0 radical (unpaired) electrons. The summed E-state index contributed by atoms with van der Waals surface area (Å²) in [6.45, 7) is 5.86. The molecule has 1 aromatic carbocycles. The van der Waals surface area contributed by atoms with Gasteiger partial charge in [0.05, 0.1) is 12.3 Å². The molecule has 1 aliphatic rings. The second-order valence-corrected chi connectivity index (χ2v) is 5.56. The van der Waals surface area contributed by atoms with Crippen LogP contribution in [0.4, 0.5) is 0 Å². The molecule has 0 aliphatic carbocycles. The highest BCUT2D eigenvalue weighted by Crippen LogP contribution is 2.22. The lowest BCUT2D eigenvalue weighted by molar-refractivity contribution is 0.0856. The average molecular weight is 285 g/mol. The summed E-state index contributed by atoms with van der Waals surface area (Å²) in [6.07, 6.45) is 1.73. The first-order valence-corrected chi connectivity index (χ1v) is 7.60. The van der Waals surface area contributed by atoms with E-state index in [4.69, 9.17) is 10.2 Å². The van der Waals surface area contributed by atoms with E-state index in [-0.39, 0.29) is 6.04 Å². The maximum atomic E-state index is 5.94. The molecular weight excluding hydrogens is 262 g/mol. The standard InChI is InChI=1S/C17H23N3O/c18-13-16(17-7-4-12-21-17)20-10-8-19(9-11-20)14-15-5-2-1-3-6-15/h1-7,12,16H,8-11,13-14,18H2. The number of piperazine rings is 1. The molecule has 21 heavy (non-hydrogen) atoms. The van der Waals surface area contributed by atoms with Gasteiger partial charge in [0.25, 0.3) is 0 Å². The highest BCUT2D eigenvalue weighted by molar-refractivity contribution is 5.14. The van der Waals surface area contributed by atoms with Crippen LogP contribution in [-0.4, -0.2) is 42.5 Å². The van der Waals surface area contributed by atoms with Gasteiger partial charge in [0.2, 0.25) is 0 Å². The van der Waals surface area contributed by atoms with Gasteiger partial charge in [-0.1, -0.05) is 30.3 Å². The third kappa shape index (κ3) is 3.53. The predicted molar refractivity (Wildman–Crippen MR) is 83.8 cm³/mol. The van der Waals surface area contributed by atoms with Gasteiger partial charge in [-0.05, 0) is 17.7 Å². The highest BCUT2D eigenvalue weighted by Gasteiger charge is 2.25. The maximum Gasteiger partial charge on any atom is 0.122 e. The van der Waals surface area contributed by atoms with Crippen LogP contribution >= 0.6 is 0 Å². The molecule has 1 atom stereocenters. The van der Waals surface area contributed by atoms with Gasteiger partial charge in [-0.2, -0.15) is 0 Å². The molecule has 1 aliphatic heterocycles. The summed E-state index contributed by atoms with van der Waals surface area (Å²) in [4.78, 5) is 4.93. The van der Waals surface area contributed by atoms with Crippen molar-refractivity contribution in [2.45, 2.75) is 12.6 Å². The van der Waals surface area contributed by atoms with Crippen LogP contribution in [0.5, 0.6) is 0 Å². The van der Waals surface area contributed by atoms with E-state index in [1.165, 1.54) is 5.56 Å². The van der Waals surface area contributed by atoms with Crippen molar-refractivity contribution in [3.63, 3.8) is 0 Å². The third-order valence-corrected chi connectivity index (χ3v) is 4.19. The third-order valence-electron chi connectivity index (χ3n) is 4.19. The Morgan fingerprint density at radius 2 is 1.76 bits per heavy atom. The van der Waals surface area contributed by atoms with Crippen LogP contribution < -0.4 is 5.73 Å². The molecule has 0 saturated carbocycles. The number of furan rings is 1. The monoisotopic (exact) mass is 285 g/mol. The van der Waals surface area contributed by atoms with Crippen molar-refractivity contribution in [3.05, 3.63) is 60.1 Å². The molecule has 0 bridgehead atoms. The minimum Gasteiger partial charge on any atom is -0.468 e. The van der Waals surface area contributed by atoms with E-state index in [1.807, 2.05) is 12.1 Å². The Morgan fingerprint density at radius 1 is 1.00 bits per heavy atom. The van der Waals surface area contributed by atoms with Crippen molar-refractivity contribution in [2.75, 3.05) is 32.7 Å². The minimum absolute atomic E-state index is 0.207. The van der Waals surface area contributed by atoms with E-state index in [0.29, 0.717) is 6.54 Å². The molecule has 0 spiro atoms. The van der Waals surface area contributed by atoms with Gasteiger partial charge in [-0.15, -0.1) is 0 Å². The number of hydrogen-bond donors (Lipinski definition) is 1. The first-order valence-electron chi connectivity index (χ1n) is 7.60. The lowest BCUT2D eigenvalue weighted by atomic mass is 10.1. The Balaban J connectivity index is 1.55. The van der Waals surface area contributed by atoms with E-state index in [0.717, 1.165) is 38.5 Å². The largest absolute Gasteiger partial charge is 0.468 e. The average Bonchev–Trinajstić information content (AvgIpc) is 3.05. The Kier molecular flexibility index (Phi) is 4.70. The molecule has 1 aromatic heterocycles. The van der Waals surface area contributed by atoms with Crippen LogP contribution in [0.2, 0.25) is 0 Å². The zero-order valence-electron chi connectivity index (χ0n) is 12.3. The zero-order chi connectivity index (χ0) is 14.5. The molecule has 4 heteroatoms. The molecule has 2 N–H and O–H groups in total. The van der Waals surface area contributed by atoms with Crippen LogP contribution in [0, 0.1) is 0 Å². The van der Waals surface area contributed by atoms with Crippen LogP contribution in [-0.2, 0) is 6.54 Å². The van der Waals surface area contributed by atoms with Gasteiger partial charge in [0.1, 0.15) is 5.76 Å². The summed E-state index contributed by atoms with van der Waals surface area (Å²) in [6, 6.07) is 14.8. The van der Waals surface area contributed by atoms with Gasteiger partial charge in [-0.3, -0.25) is 9.80 Å². The molecule has 1 fully saturated rings. The SMILES string of the molecule is NCC(c1ccco1)N1CCN(Cc2ccccc2)CC1. The van der Waals surface area contributed by atoms with Crippen molar-refractivity contribution >= 4 is 0 Å². The summed E-state index contributed by atoms with van der Waals surface area (Å²) in [5.74, 6) is 0.981. The smallest absolute Gasteiger partial charge is 0.122 e. The molecule has 2 heterocycles. The fourth-order valence-electron chi connectivity index (χ4n) is 3.00. The summed E-state index contributed by atoms with van der Waals surface area (Å²) < 4.78 is 5.53. The fourth-order valence-corrected chi connectivity index (χ4v) is 3.00. The lowest BCUT2D eigenvalue weighted by Gasteiger charge is -2.38. The van der Waals surface area contributed by atoms with Crippen LogP contribution in [0.1, 0.15) is 17.4 Å². The Labute approximate surface area is 126 Å². The zero-order valence-corrected chi connectivity index (χ0v) is 12.3. The van der Waals surface area contributed by atoms with Gasteiger partial charge in [0, 0.05) is 39.3 Å². The van der Waals surface area contributed by atoms with Crippen molar-refractivity contribution in [3.8, 4) is 0 Å². The fraction of sp³-hybridized carbons (Fsp3) is 0.412. The molecule has 1 saturated heterocycles. The van der Waals surface area contributed by atoms with E-state index in [9.17, 15) is 0 Å². The summed E-state index contributed by atoms with van der Waals surface area (Å²) in [5, 5.41) is 0. The molecule has 112 valence electrons. The molecule has 4 nitrogen and oxygen atoms in total. The molecule has 0 amide bonds. The van der Waals surface area contributed by atoms with Gasteiger partial charge >= 0.3 is 0 Å². The summed E-state index contributed by atoms with van der Waals surface area (Å²) >= 11 is 0. The highest BCUT2D eigenvalue weighted by atomic mass is 16.3. The molecular formula is C17H23N3O. The van der Waals surface area contributed by atoms with Crippen LogP contribution in [0.3, 0.4) is 0 Å². The van der Waals surface area contributed by atoms with Crippen molar-refractivity contribution in [1.82, 2.24) is 9.80 Å². The first kappa shape index (κ1) is 14.3. The number of rotatable bonds is 5. The Hall–Kier alpha value is -1.62. The maximum absolute atomic E-state index is 5.94. The summed E-state index contributed by atoms with van der Waals surface area (Å²) in [5.41, 5.74) is 7.32. The Bertz CT molecular complexity index is 518. The second kappa shape index (κ2) is 6.89. The number of hydrogen-bond acceptors (Lipinski definition) is 4. The van der Waals surface area contributed by atoms with Gasteiger partial charge in [-0.25, -0.2) is 0 Å². The first-order chi connectivity index (χ1) is 10.4. The van der Waals surface area contributed by atoms with E-state index >= 15 is 0 Å². The lowest BCUT2D eigenvalue weighted by Crippen LogP contribution is -2.48. The quantitative estimate of drug-likeness (QED) is 0.914.